The number of carbonyl (C=O) groups excluding carboxylic acids is 2. The monoisotopic (exact) mass is 833 g/mol. The number of hydrogen-bond donors (Lipinski definition) is 9. The first-order chi connectivity index (χ1) is 27.3. The summed E-state index contributed by atoms with van der Waals surface area (Å²) in [5.41, 5.74) is 2.73. The van der Waals surface area contributed by atoms with Gasteiger partial charge in [0.15, 0.2) is 0 Å². The molecule has 312 valence electrons. The lowest BCUT2D eigenvalue weighted by atomic mass is 9.96. The number of ether oxygens (including phenoxy) is 2. The zero-order valence-corrected chi connectivity index (χ0v) is 33.2. The van der Waals surface area contributed by atoms with E-state index < -0.39 is 71.2 Å². The lowest BCUT2D eigenvalue weighted by Gasteiger charge is -2.26. The molecule has 5 atom stereocenters. The smallest absolute Gasteiger partial charge is 0.315 e. The number of aliphatic hydroxyl groups excluding tert-OH is 5. The highest BCUT2D eigenvalue weighted by Crippen LogP contribution is 2.53. The average molecular weight is 834 g/mol. The van der Waals surface area contributed by atoms with E-state index in [1.54, 1.807) is 13.1 Å². The number of aliphatic hydroxyl groups is 5. The average Bonchev–Trinajstić information content (AvgIpc) is 4.16. The van der Waals surface area contributed by atoms with E-state index >= 15 is 0 Å². The van der Waals surface area contributed by atoms with Crippen LogP contribution >= 0.6 is 11.6 Å². The summed E-state index contributed by atoms with van der Waals surface area (Å²) in [6.07, 6.45) is 1.05. The van der Waals surface area contributed by atoms with Crippen LogP contribution in [0.4, 0.5) is 4.79 Å². The standard InChI is InChI=1S/C39H52ClN5O11S/c1-2-42-37(51)31(45-38(52)43-21-32(47)35(49)36(50)33(48)22-46)8-5-6-17-44-57(53,54)26-12-13-30(40)24(19-26)23-55-39(15-16-39)29-20-41-18-14-27(29)28-7-3-4-9-34(28)56-25-10-11-25/h3-4,7,9,12-14,18-20,25,31-33,35-36,44,46-50H,2,5-6,8,10-11,15-17,21-23H2,1H3,(H,42,51)(H2,43,45,52). The number of pyridine rings is 1. The number of unbranched alkanes of at least 4 members (excludes halogenated alkanes) is 1. The topological polar surface area (TPSA) is 249 Å². The number of amides is 3. The van der Waals surface area contributed by atoms with Crippen molar-refractivity contribution in [3.63, 3.8) is 0 Å². The van der Waals surface area contributed by atoms with E-state index in [1.165, 1.54) is 18.2 Å². The molecule has 3 aromatic rings. The molecule has 57 heavy (non-hydrogen) atoms. The third kappa shape index (κ3) is 12.1. The number of nitrogens with one attached hydrogen (secondary N) is 4. The summed E-state index contributed by atoms with van der Waals surface area (Å²) in [5.74, 6) is 0.330. The van der Waals surface area contributed by atoms with Crippen molar-refractivity contribution in [1.29, 1.82) is 0 Å². The Morgan fingerprint density at radius 2 is 1.72 bits per heavy atom. The lowest BCUT2D eigenvalue weighted by molar-refractivity contribution is -0.123. The molecule has 3 amide bonds. The van der Waals surface area contributed by atoms with E-state index in [-0.39, 0.29) is 37.1 Å². The second kappa shape index (κ2) is 20.2. The SMILES string of the molecule is CCNC(=O)C(CCCCNS(=O)(=O)c1ccc(Cl)c(COC2(c3cnccc3-c3ccccc3OC3CC3)CC2)c1)NC(=O)NCC(O)C(O)C(O)C(O)CO. The third-order valence-corrected chi connectivity index (χ3v) is 11.7. The lowest BCUT2D eigenvalue weighted by Crippen LogP contribution is -2.53. The van der Waals surface area contributed by atoms with Gasteiger partial charge in [0, 0.05) is 48.2 Å². The van der Waals surface area contributed by atoms with Crippen LogP contribution < -0.4 is 25.4 Å². The first-order valence-corrected chi connectivity index (χ1v) is 20.9. The highest BCUT2D eigenvalue weighted by molar-refractivity contribution is 7.89. The van der Waals surface area contributed by atoms with Crippen LogP contribution in [0.15, 0.2) is 65.8 Å². The van der Waals surface area contributed by atoms with Crippen LogP contribution in [0.3, 0.4) is 0 Å². The van der Waals surface area contributed by atoms with Crippen LogP contribution in [0.25, 0.3) is 11.1 Å². The molecule has 0 radical (unpaired) electrons. The minimum Gasteiger partial charge on any atom is -0.490 e. The van der Waals surface area contributed by atoms with Gasteiger partial charge in [-0.25, -0.2) is 17.9 Å². The Morgan fingerprint density at radius 3 is 2.42 bits per heavy atom. The number of sulfonamides is 1. The second-order valence-corrected chi connectivity index (χ2v) is 16.4. The molecule has 5 unspecified atom stereocenters. The number of nitrogens with zero attached hydrogens (tertiary/aromatic N) is 1. The molecule has 2 saturated carbocycles. The molecule has 1 aromatic heterocycles. The van der Waals surface area contributed by atoms with Crippen molar-refractivity contribution in [3.05, 3.63) is 77.1 Å². The Morgan fingerprint density at radius 1 is 0.982 bits per heavy atom. The van der Waals surface area contributed by atoms with Crippen LogP contribution in [0.2, 0.25) is 5.02 Å². The molecule has 1 heterocycles. The first kappa shape index (κ1) is 44.2. The van der Waals surface area contributed by atoms with Gasteiger partial charge in [0.2, 0.25) is 15.9 Å². The van der Waals surface area contributed by atoms with E-state index in [0.29, 0.717) is 23.4 Å². The van der Waals surface area contributed by atoms with Gasteiger partial charge in [0.05, 0.1) is 35.9 Å². The number of rotatable bonds is 23. The maximum absolute atomic E-state index is 13.3. The maximum Gasteiger partial charge on any atom is 0.315 e. The highest BCUT2D eigenvalue weighted by Gasteiger charge is 2.48. The Hall–Kier alpha value is -3.91. The molecular weight excluding hydrogens is 782 g/mol. The molecule has 2 aliphatic rings. The van der Waals surface area contributed by atoms with Crippen LogP contribution in [-0.2, 0) is 31.8 Å². The summed E-state index contributed by atoms with van der Waals surface area (Å²) < 4.78 is 42.0. The van der Waals surface area contributed by atoms with Crippen molar-refractivity contribution in [1.82, 2.24) is 25.7 Å². The fourth-order valence-electron chi connectivity index (χ4n) is 6.22. The van der Waals surface area contributed by atoms with E-state index in [4.69, 9.17) is 26.2 Å². The molecule has 0 spiro atoms. The number of carbonyl (C=O) groups is 2. The van der Waals surface area contributed by atoms with Crippen molar-refractivity contribution in [2.75, 3.05) is 26.2 Å². The van der Waals surface area contributed by atoms with Crippen molar-refractivity contribution in [2.24, 2.45) is 0 Å². The van der Waals surface area contributed by atoms with Crippen molar-refractivity contribution in [2.45, 2.75) is 106 Å². The molecule has 2 aromatic carbocycles. The number of urea groups is 1. The number of para-hydroxylation sites is 1. The molecule has 9 N–H and O–H groups in total. The van der Waals surface area contributed by atoms with E-state index in [2.05, 4.69) is 25.7 Å². The Labute approximate surface area is 337 Å². The van der Waals surface area contributed by atoms with Gasteiger partial charge in [-0.15, -0.1) is 0 Å². The molecule has 0 aliphatic heterocycles. The molecular formula is C39H52ClN5O11S. The van der Waals surface area contributed by atoms with Crippen LogP contribution in [0.1, 0.15) is 63.0 Å². The third-order valence-electron chi connectivity index (χ3n) is 9.82. The molecule has 2 fully saturated rings. The fourth-order valence-corrected chi connectivity index (χ4v) is 7.52. The predicted molar refractivity (Wildman–Crippen MR) is 210 cm³/mol. The highest BCUT2D eigenvalue weighted by atomic mass is 35.5. The Bertz CT molecular complexity index is 1930. The molecule has 18 heteroatoms. The summed E-state index contributed by atoms with van der Waals surface area (Å²) in [6, 6.07) is 12.4. The van der Waals surface area contributed by atoms with Crippen LogP contribution in [-0.4, -0.2) is 114 Å². The van der Waals surface area contributed by atoms with Crippen LogP contribution in [0, 0.1) is 0 Å². The van der Waals surface area contributed by atoms with Gasteiger partial charge in [-0.1, -0.05) is 29.8 Å². The van der Waals surface area contributed by atoms with Gasteiger partial charge < -0.3 is 51.0 Å². The quantitative estimate of drug-likeness (QED) is 0.0622. The number of aromatic nitrogens is 1. The Balaban J connectivity index is 1.13. The van der Waals surface area contributed by atoms with Gasteiger partial charge in [-0.05, 0) is 93.3 Å². The normalized spacial score (nSPS) is 17.5. The second-order valence-electron chi connectivity index (χ2n) is 14.3. The number of hydrogen-bond acceptors (Lipinski definition) is 12. The van der Waals surface area contributed by atoms with Gasteiger partial charge in [-0.3, -0.25) is 9.78 Å². The zero-order valence-electron chi connectivity index (χ0n) is 31.6. The van der Waals surface area contributed by atoms with E-state index in [0.717, 1.165) is 48.1 Å². The summed E-state index contributed by atoms with van der Waals surface area (Å²) in [5, 5.41) is 55.9. The van der Waals surface area contributed by atoms with E-state index in [9.17, 15) is 38.4 Å². The first-order valence-electron chi connectivity index (χ1n) is 19.1. The summed E-state index contributed by atoms with van der Waals surface area (Å²) in [4.78, 5) is 29.6. The Kier molecular flexibility index (Phi) is 15.6. The van der Waals surface area contributed by atoms with Crippen molar-refractivity contribution < 1.29 is 53.0 Å². The van der Waals surface area contributed by atoms with Gasteiger partial charge in [0.1, 0.15) is 30.1 Å². The summed E-state index contributed by atoms with van der Waals surface area (Å²) >= 11 is 6.54. The minimum absolute atomic E-state index is 0.00722. The largest absolute Gasteiger partial charge is 0.490 e. The fraction of sp³-hybridized carbons (Fsp3) is 0.513. The zero-order chi connectivity index (χ0) is 41.2. The maximum atomic E-state index is 13.3. The van der Waals surface area contributed by atoms with Gasteiger partial charge in [-0.2, -0.15) is 0 Å². The van der Waals surface area contributed by atoms with Crippen molar-refractivity contribution in [3.8, 4) is 16.9 Å². The molecule has 0 bridgehead atoms. The van der Waals surface area contributed by atoms with Gasteiger partial charge >= 0.3 is 6.03 Å². The van der Waals surface area contributed by atoms with Crippen molar-refractivity contribution >= 4 is 33.6 Å². The number of halogens is 1. The van der Waals surface area contributed by atoms with E-state index in [1.807, 2.05) is 36.5 Å². The molecule has 0 saturated heterocycles. The summed E-state index contributed by atoms with van der Waals surface area (Å²) in [6.45, 7) is 0.702. The minimum atomic E-state index is -3.96. The predicted octanol–water partition coefficient (Wildman–Crippen LogP) is 1.84. The van der Waals surface area contributed by atoms with Gasteiger partial charge in [0.25, 0.3) is 0 Å². The van der Waals surface area contributed by atoms with Crippen LogP contribution in [0.5, 0.6) is 5.75 Å². The molecule has 5 rings (SSSR count). The molecule has 2 aliphatic carbocycles. The number of likely N-dealkylation sites (N-methyl/N-ethyl adjacent to an activating group) is 1. The molecule has 16 nitrogen and oxygen atoms in total. The number of benzene rings is 2. The summed E-state index contributed by atoms with van der Waals surface area (Å²) in [7, 11) is -3.96.